The van der Waals surface area contributed by atoms with Gasteiger partial charge in [0.1, 0.15) is 17.3 Å². The van der Waals surface area contributed by atoms with Crippen molar-refractivity contribution in [1.82, 2.24) is 14.8 Å². The minimum Gasteiger partial charge on any atom is -0.497 e. The van der Waals surface area contributed by atoms with E-state index in [4.69, 9.17) is 14.2 Å². The normalized spacial score (nSPS) is 12.8. The van der Waals surface area contributed by atoms with Crippen LogP contribution in [-0.4, -0.2) is 28.7 Å². The van der Waals surface area contributed by atoms with Crippen LogP contribution in [0, 0.1) is 12.7 Å². The van der Waals surface area contributed by atoms with Crippen molar-refractivity contribution < 1.29 is 18.6 Å². The Morgan fingerprint density at radius 3 is 2.61 bits per heavy atom. The molecule has 1 aromatic heterocycles. The van der Waals surface area contributed by atoms with Crippen LogP contribution < -0.4 is 9.47 Å². The molecular formula is C25H22FN3O3S. The van der Waals surface area contributed by atoms with E-state index in [0.29, 0.717) is 23.3 Å². The van der Waals surface area contributed by atoms with E-state index in [1.165, 1.54) is 23.9 Å². The van der Waals surface area contributed by atoms with Crippen LogP contribution in [0.25, 0.3) is 17.1 Å². The summed E-state index contributed by atoms with van der Waals surface area (Å²) in [6.45, 7) is 2.55. The topological polar surface area (TPSA) is 58.4 Å². The van der Waals surface area contributed by atoms with Crippen molar-refractivity contribution in [2.24, 2.45) is 0 Å². The lowest BCUT2D eigenvalue weighted by Gasteiger charge is -2.20. The van der Waals surface area contributed by atoms with Gasteiger partial charge in [-0.05, 0) is 55.5 Å². The van der Waals surface area contributed by atoms with Crippen molar-refractivity contribution in [3.05, 3.63) is 83.2 Å². The Hall–Kier alpha value is -3.36. The fraction of sp³-hybridized carbons (Fsp3) is 0.200. The van der Waals surface area contributed by atoms with Crippen molar-refractivity contribution in [3.63, 3.8) is 0 Å². The maximum atomic E-state index is 14.2. The average Bonchev–Trinajstić information content (AvgIpc) is 3.27. The Kier molecular flexibility index (Phi) is 6.02. The van der Waals surface area contributed by atoms with Crippen LogP contribution in [0.2, 0.25) is 0 Å². The predicted molar refractivity (Wildman–Crippen MR) is 124 cm³/mol. The monoisotopic (exact) mass is 463 g/mol. The quantitative estimate of drug-likeness (QED) is 0.350. The van der Waals surface area contributed by atoms with E-state index in [1.807, 2.05) is 47.9 Å². The Morgan fingerprint density at radius 2 is 1.85 bits per heavy atom. The molecule has 0 spiro atoms. The Balaban J connectivity index is 1.52. The molecule has 1 aliphatic rings. The van der Waals surface area contributed by atoms with Gasteiger partial charge >= 0.3 is 0 Å². The first-order valence-electron chi connectivity index (χ1n) is 10.4. The SMILES string of the molecule is COc1ccc(-c2nnc(SCc3cc(F)cc4c3OCOC4)n2-c2ccc(C)cc2)cc1. The number of benzene rings is 3. The molecule has 0 bridgehead atoms. The highest BCUT2D eigenvalue weighted by Gasteiger charge is 2.20. The molecule has 0 N–H and O–H groups in total. The number of ether oxygens (including phenoxy) is 3. The van der Waals surface area contributed by atoms with Gasteiger partial charge in [0, 0.05) is 28.1 Å². The molecule has 0 radical (unpaired) electrons. The summed E-state index contributed by atoms with van der Waals surface area (Å²) in [6, 6.07) is 18.9. The summed E-state index contributed by atoms with van der Waals surface area (Å²) in [5.41, 5.74) is 4.51. The van der Waals surface area contributed by atoms with Gasteiger partial charge in [0.05, 0.1) is 13.7 Å². The lowest BCUT2D eigenvalue weighted by atomic mass is 10.1. The zero-order chi connectivity index (χ0) is 22.8. The van der Waals surface area contributed by atoms with Crippen molar-refractivity contribution in [2.75, 3.05) is 13.9 Å². The molecule has 33 heavy (non-hydrogen) atoms. The third-order valence-corrected chi connectivity index (χ3v) is 6.36. The van der Waals surface area contributed by atoms with Crippen molar-refractivity contribution in [1.29, 1.82) is 0 Å². The average molecular weight is 464 g/mol. The van der Waals surface area contributed by atoms with Crippen molar-refractivity contribution >= 4 is 11.8 Å². The lowest BCUT2D eigenvalue weighted by Crippen LogP contribution is -2.13. The fourth-order valence-electron chi connectivity index (χ4n) is 3.72. The smallest absolute Gasteiger partial charge is 0.196 e. The van der Waals surface area contributed by atoms with Gasteiger partial charge in [0.2, 0.25) is 0 Å². The third kappa shape index (κ3) is 4.44. The first-order chi connectivity index (χ1) is 16.1. The van der Waals surface area contributed by atoms with E-state index >= 15 is 0 Å². The Morgan fingerprint density at radius 1 is 1.06 bits per heavy atom. The van der Waals surface area contributed by atoms with E-state index < -0.39 is 0 Å². The van der Waals surface area contributed by atoms with E-state index in [1.54, 1.807) is 7.11 Å². The van der Waals surface area contributed by atoms with E-state index in [-0.39, 0.29) is 12.6 Å². The highest BCUT2D eigenvalue weighted by Crippen LogP contribution is 2.35. The van der Waals surface area contributed by atoms with E-state index in [0.717, 1.165) is 39.5 Å². The van der Waals surface area contributed by atoms with Crippen LogP contribution in [0.1, 0.15) is 16.7 Å². The molecule has 8 heteroatoms. The number of nitrogens with zero attached hydrogens (tertiary/aromatic N) is 3. The summed E-state index contributed by atoms with van der Waals surface area (Å²) in [7, 11) is 1.64. The predicted octanol–water partition coefficient (Wildman–Crippen LogP) is 5.55. The highest BCUT2D eigenvalue weighted by atomic mass is 32.2. The van der Waals surface area contributed by atoms with Crippen LogP contribution in [0.4, 0.5) is 4.39 Å². The van der Waals surface area contributed by atoms with Gasteiger partial charge in [0.15, 0.2) is 17.8 Å². The zero-order valence-corrected chi connectivity index (χ0v) is 19.1. The molecule has 0 saturated carbocycles. The number of fused-ring (bicyclic) bond motifs is 1. The van der Waals surface area contributed by atoms with Crippen LogP contribution >= 0.6 is 11.8 Å². The first kappa shape index (κ1) is 21.5. The summed E-state index contributed by atoms with van der Waals surface area (Å²) >= 11 is 1.48. The van der Waals surface area contributed by atoms with Gasteiger partial charge in [-0.3, -0.25) is 4.57 Å². The van der Waals surface area contributed by atoms with E-state index in [2.05, 4.69) is 22.3 Å². The molecule has 3 aromatic carbocycles. The number of rotatable bonds is 6. The number of aromatic nitrogens is 3. The molecule has 2 heterocycles. The highest BCUT2D eigenvalue weighted by molar-refractivity contribution is 7.98. The van der Waals surface area contributed by atoms with Gasteiger partial charge < -0.3 is 14.2 Å². The van der Waals surface area contributed by atoms with Crippen LogP contribution in [-0.2, 0) is 17.1 Å². The number of thioether (sulfide) groups is 1. The zero-order valence-electron chi connectivity index (χ0n) is 18.2. The second kappa shape index (κ2) is 9.25. The minimum atomic E-state index is -0.308. The number of hydrogen-bond acceptors (Lipinski definition) is 6. The van der Waals surface area contributed by atoms with Gasteiger partial charge in [-0.1, -0.05) is 29.5 Å². The molecule has 1 aliphatic heterocycles. The van der Waals surface area contributed by atoms with Crippen LogP contribution in [0.15, 0.2) is 65.8 Å². The molecule has 168 valence electrons. The van der Waals surface area contributed by atoms with Gasteiger partial charge in [-0.2, -0.15) is 0 Å². The second-order valence-electron chi connectivity index (χ2n) is 7.66. The maximum absolute atomic E-state index is 14.2. The van der Waals surface area contributed by atoms with Crippen LogP contribution in [0.3, 0.4) is 0 Å². The molecule has 5 rings (SSSR count). The summed E-state index contributed by atoms with van der Waals surface area (Å²) in [5.74, 6) is 2.35. The molecule has 0 atom stereocenters. The Labute approximate surface area is 195 Å². The summed E-state index contributed by atoms with van der Waals surface area (Å²) in [6.07, 6.45) is 0. The first-order valence-corrected chi connectivity index (χ1v) is 11.4. The Bertz CT molecular complexity index is 1270. The van der Waals surface area contributed by atoms with Crippen molar-refractivity contribution in [2.45, 2.75) is 24.4 Å². The number of aryl methyl sites for hydroxylation is 1. The maximum Gasteiger partial charge on any atom is 0.196 e. The number of methoxy groups -OCH3 is 1. The van der Waals surface area contributed by atoms with Crippen LogP contribution in [0.5, 0.6) is 11.5 Å². The van der Waals surface area contributed by atoms with Crippen molar-refractivity contribution in [3.8, 4) is 28.6 Å². The molecule has 0 amide bonds. The second-order valence-corrected chi connectivity index (χ2v) is 8.60. The fourth-order valence-corrected chi connectivity index (χ4v) is 4.64. The van der Waals surface area contributed by atoms with Gasteiger partial charge in [-0.25, -0.2) is 4.39 Å². The molecule has 0 fully saturated rings. The number of halogens is 1. The minimum absolute atomic E-state index is 0.164. The lowest BCUT2D eigenvalue weighted by molar-refractivity contribution is -0.0171. The molecular weight excluding hydrogens is 441 g/mol. The standard InChI is InChI=1S/C25H22FN3O3S/c1-16-3-7-21(8-4-16)29-24(17-5-9-22(30-2)10-6-17)27-28-25(29)33-14-19-12-20(26)11-18-13-31-15-32-23(18)19/h3-12H,13-15H2,1-2H3. The number of hydrogen-bond donors (Lipinski definition) is 0. The molecule has 4 aromatic rings. The van der Waals surface area contributed by atoms with Gasteiger partial charge in [-0.15, -0.1) is 10.2 Å². The summed E-state index contributed by atoms with van der Waals surface area (Å²) in [5, 5.41) is 9.66. The largest absolute Gasteiger partial charge is 0.497 e. The summed E-state index contributed by atoms with van der Waals surface area (Å²) in [4.78, 5) is 0. The molecule has 0 aliphatic carbocycles. The van der Waals surface area contributed by atoms with Gasteiger partial charge in [0.25, 0.3) is 0 Å². The molecule has 0 unspecified atom stereocenters. The molecule has 0 saturated heterocycles. The summed E-state index contributed by atoms with van der Waals surface area (Å²) < 4.78 is 32.4. The third-order valence-electron chi connectivity index (χ3n) is 5.38. The van der Waals surface area contributed by atoms with E-state index in [9.17, 15) is 4.39 Å². The molecule has 6 nitrogen and oxygen atoms in total.